The van der Waals surface area contributed by atoms with Crippen molar-refractivity contribution in [2.24, 2.45) is 0 Å². The van der Waals surface area contributed by atoms with Gasteiger partial charge in [0.25, 0.3) is 0 Å². The Morgan fingerprint density at radius 1 is 0.552 bits per heavy atom. The van der Waals surface area contributed by atoms with Crippen LogP contribution in [0.5, 0.6) is 5.75 Å². The topological polar surface area (TPSA) is 55.9 Å². The van der Waals surface area contributed by atoms with Gasteiger partial charge >= 0.3 is 0 Å². The zero-order chi connectivity index (χ0) is 38.7. The number of phenolic OH excluding ortho intramolecular Hbond substituents is 1. The third-order valence-corrected chi connectivity index (χ3v) is 10.9. The van der Waals surface area contributed by atoms with E-state index in [1.807, 2.05) is 54.7 Å². The Kier molecular flexibility index (Phi) is 9.42. The number of hydrogen-bond donors (Lipinski definition) is 1. The summed E-state index contributed by atoms with van der Waals surface area (Å²) in [6, 6.07) is 62.1. The van der Waals surface area contributed by atoms with E-state index in [1.54, 1.807) is 0 Å². The molecule has 0 saturated heterocycles. The number of para-hydroxylation sites is 4. The van der Waals surface area contributed by atoms with Gasteiger partial charge in [-0.1, -0.05) is 141 Å². The van der Waals surface area contributed by atoms with Crippen LogP contribution in [-0.2, 0) is 26.5 Å². The Morgan fingerprint density at radius 3 is 2.00 bits per heavy atom. The maximum absolute atomic E-state index is 12.2. The summed E-state index contributed by atoms with van der Waals surface area (Å²) in [5.74, 6) is 0.796. The van der Waals surface area contributed by atoms with Crippen LogP contribution >= 0.6 is 0 Å². The van der Waals surface area contributed by atoms with Crippen molar-refractivity contribution in [3.05, 3.63) is 188 Å². The maximum atomic E-state index is 12.2. The molecular weight excluding hydrogens is 892 g/mol. The SMILES string of the molecule is CC(C)(C)c1cc(-c2ccccn2)[c-]c(-c2cccc3c2nc(-c2cc4c5ccccc5n(-c5ccccc5)c4cc2O)n3-c2ccccc2-c2ccccc2)c1.[Pt]. The van der Waals surface area contributed by atoms with Gasteiger partial charge in [0.05, 0.1) is 33.3 Å². The minimum atomic E-state index is -0.124. The number of aromatic nitrogens is 4. The van der Waals surface area contributed by atoms with E-state index in [1.165, 1.54) is 5.56 Å². The summed E-state index contributed by atoms with van der Waals surface area (Å²) < 4.78 is 4.43. The van der Waals surface area contributed by atoms with E-state index in [0.29, 0.717) is 11.4 Å². The summed E-state index contributed by atoms with van der Waals surface area (Å²) in [7, 11) is 0. The van der Waals surface area contributed by atoms with E-state index in [4.69, 9.17) is 9.97 Å². The zero-order valence-corrected chi connectivity index (χ0v) is 34.6. The molecule has 284 valence electrons. The number of hydrogen-bond acceptors (Lipinski definition) is 3. The predicted molar refractivity (Wildman–Crippen MR) is 234 cm³/mol. The fourth-order valence-electron chi connectivity index (χ4n) is 8.12. The Morgan fingerprint density at radius 2 is 1.22 bits per heavy atom. The average molecular weight is 931 g/mol. The second kappa shape index (κ2) is 14.8. The summed E-state index contributed by atoms with van der Waals surface area (Å²) in [5.41, 5.74) is 13.3. The standard InChI is InChI=1S/C52H39N4O.Pt/c1-52(2,3)37-30-35(29-36(31-37)44-24-14-15-28-53-44)40-23-16-27-47-50(40)54-51(56(47)45-25-12-10-21-39(45)34-17-6-4-7-18-34)43-32-42-41-22-11-13-26-46(41)55(48(42)33-49(43)57)38-19-8-5-9-20-38;/h4-28,30-33,57H,1-3H3;/q-1;. The van der Waals surface area contributed by atoms with E-state index in [2.05, 4.69) is 157 Å². The Balaban J connectivity index is 0.00000436. The summed E-state index contributed by atoms with van der Waals surface area (Å²) in [4.78, 5) is 10.2. The number of imidazole rings is 1. The summed E-state index contributed by atoms with van der Waals surface area (Å²) in [5, 5.41) is 14.4. The van der Waals surface area contributed by atoms with Crippen LogP contribution in [-0.4, -0.2) is 24.2 Å². The first-order valence-corrected chi connectivity index (χ1v) is 19.3. The fourth-order valence-corrected chi connectivity index (χ4v) is 8.12. The number of benzene rings is 7. The zero-order valence-electron chi connectivity index (χ0n) is 32.3. The molecule has 58 heavy (non-hydrogen) atoms. The molecule has 10 rings (SSSR count). The molecule has 3 heterocycles. The van der Waals surface area contributed by atoms with Crippen molar-refractivity contribution in [3.63, 3.8) is 0 Å². The van der Waals surface area contributed by atoms with Gasteiger partial charge in [0.15, 0.2) is 0 Å². The molecule has 7 aromatic carbocycles. The summed E-state index contributed by atoms with van der Waals surface area (Å²) >= 11 is 0. The van der Waals surface area contributed by atoms with E-state index < -0.39 is 0 Å². The van der Waals surface area contributed by atoms with E-state index in [0.717, 1.165) is 77.7 Å². The monoisotopic (exact) mass is 930 g/mol. The van der Waals surface area contributed by atoms with Gasteiger partial charge in [-0.15, -0.1) is 29.3 Å². The number of rotatable bonds is 6. The molecule has 0 bridgehead atoms. The fraction of sp³-hybridized carbons (Fsp3) is 0.0769. The van der Waals surface area contributed by atoms with Crippen LogP contribution in [0, 0.1) is 6.07 Å². The number of phenols is 1. The van der Waals surface area contributed by atoms with Crippen LogP contribution in [0.3, 0.4) is 0 Å². The van der Waals surface area contributed by atoms with Crippen molar-refractivity contribution >= 4 is 32.8 Å². The number of fused-ring (bicyclic) bond motifs is 4. The van der Waals surface area contributed by atoms with Crippen molar-refractivity contribution in [3.8, 4) is 62.0 Å². The Labute approximate surface area is 352 Å². The third kappa shape index (κ3) is 6.33. The molecule has 3 aromatic heterocycles. The molecule has 0 saturated carbocycles. The minimum Gasteiger partial charge on any atom is -0.507 e. The normalized spacial score (nSPS) is 11.6. The molecule has 1 N–H and O–H groups in total. The van der Waals surface area contributed by atoms with Gasteiger partial charge in [-0.05, 0) is 53.4 Å². The van der Waals surface area contributed by atoms with Crippen LogP contribution in [0.1, 0.15) is 26.3 Å². The van der Waals surface area contributed by atoms with Gasteiger partial charge in [-0.3, -0.25) is 9.55 Å². The van der Waals surface area contributed by atoms with Crippen molar-refractivity contribution in [2.45, 2.75) is 26.2 Å². The van der Waals surface area contributed by atoms with Crippen molar-refractivity contribution < 1.29 is 26.2 Å². The molecule has 0 atom stereocenters. The van der Waals surface area contributed by atoms with E-state index >= 15 is 0 Å². The van der Waals surface area contributed by atoms with Gasteiger partial charge in [-0.2, -0.15) is 0 Å². The predicted octanol–water partition coefficient (Wildman–Crippen LogP) is 13.0. The molecule has 5 nitrogen and oxygen atoms in total. The molecule has 0 unspecified atom stereocenters. The van der Waals surface area contributed by atoms with Gasteiger partial charge < -0.3 is 9.67 Å². The summed E-state index contributed by atoms with van der Waals surface area (Å²) in [6.07, 6.45) is 1.83. The Bertz CT molecular complexity index is 3110. The second-order valence-corrected chi connectivity index (χ2v) is 15.6. The van der Waals surface area contributed by atoms with E-state index in [9.17, 15) is 5.11 Å². The van der Waals surface area contributed by atoms with Crippen LogP contribution in [0.4, 0.5) is 0 Å². The molecule has 6 heteroatoms. The van der Waals surface area contributed by atoms with Crippen LogP contribution < -0.4 is 0 Å². The van der Waals surface area contributed by atoms with Crippen molar-refractivity contribution in [1.29, 1.82) is 0 Å². The minimum absolute atomic E-state index is 0. The van der Waals surface area contributed by atoms with Gasteiger partial charge in [0.1, 0.15) is 11.6 Å². The first-order valence-electron chi connectivity index (χ1n) is 19.3. The van der Waals surface area contributed by atoms with E-state index in [-0.39, 0.29) is 32.2 Å². The molecule has 0 radical (unpaired) electrons. The van der Waals surface area contributed by atoms with Crippen molar-refractivity contribution in [2.75, 3.05) is 0 Å². The molecule has 10 aromatic rings. The average Bonchev–Trinajstić information content (AvgIpc) is 3.79. The first-order chi connectivity index (χ1) is 27.8. The number of pyridine rings is 1. The number of nitrogens with zero attached hydrogens (tertiary/aromatic N) is 4. The van der Waals surface area contributed by atoms with Gasteiger partial charge in [0.2, 0.25) is 0 Å². The molecule has 0 spiro atoms. The van der Waals surface area contributed by atoms with Crippen molar-refractivity contribution in [1.82, 2.24) is 19.1 Å². The van der Waals surface area contributed by atoms with Crippen LogP contribution in [0.15, 0.2) is 176 Å². The molecule has 0 aliphatic heterocycles. The molecule has 0 aliphatic carbocycles. The molecule has 0 amide bonds. The quantitative estimate of drug-likeness (QED) is 0.169. The van der Waals surface area contributed by atoms with Gasteiger partial charge in [0, 0.05) is 61.0 Å². The molecule has 0 fully saturated rings. The van der Waals surface area contributed by atoms with Gasteiger partial charge in [-0.25, -0.2) is 4.98 Å². The first kappa shape index (κ1) is 37.0. The smallest absolute Gasteiger partial charge is 0.148 e. The largest absolute Gasteiger partial charge is 0.507 e. The maximum Gasteiger partial charge on any atom is 0.148 e. The molecule has 0 aliphatic rings. The van der Waals surface area contributed by atoms with Crippen LogP contribution in [0.25, 0.3) is 89.1 Å². The van der Waals surface area contributed by atoms with Crippen LogP contribution in [0.2, 0.25) is 0 Å². The number of aromatic hydroxyl groups is 1. The Hall–Kier alpha value is -6.55. The third-order valence-electron chi connectivity index (χ3n) is 10.9. The molecular formula is C52H39N4OPt-. The summed E-state index contributed by atoms with van der Waals surface area (Å²) in [6.45, 7) is 6.70. The second-order valence-electron chi connectivity index (χ2n) is 15.6.